The summed E-state index contributed by atoms with van der Waals surface area (Å²) in [6.45, 7) is 0. The predicted molar refractivity (Wildman–Crippen MR) is 139 cm³/mol. The first kappa shape index (κ1) is 24.5. The van der Waals surface area contributed by atoms with E-state index >= 15 is 0 Å². The largest absolute Gasteiger partial charge is 0.383 e. The van der Waals surface area contributed by atoms with Crippen LogP contribution < -0.4 is 5.73 Å². The van der Waals surface area contributed by atoms with Crippen molar-refractivity contribution in [2.75, 3.05) is 6.26 Å². The molecule has 2 aromatic carbocycles. The second kappa shape index (κ2) is 10.6. The molecule has 0 fully saturated rings. The van der Waals surface area contributed by atoms with E-state index in [1.165, 1.54) is 16.9 Å². The number of sulfone groups is 1. The molecule has 0 aliphatic rings. The summed E-state index contributed by atoms with van der Waals surface area (Å²) >= 11 is 12.3. The van der Waals surface area contributed by atoms with Crippen LogP contribution in [0, 0.1) is 5.41 Å². The molecule has 4 rings (SSSR count). The molecule has 4 aromatic rings. The molecule has 3 N–H and O–H groups in total. The van der Waals surface area contributed by atoms with Gasteiger partial charge in [-0.1, -0.05) is 54.1 Å². The Balaban J connectivity index is 0.000000305. The number of nitrogens with two attached hydrogens (primary N) is 1. The molecule has 0 atom stereocenters. The van der Waals surface area contributed by atoms with Crippen molar-refractivity contribution in [3.8, 4) is 21.8 Å². The third-order valence-corrected chi connectivity index (χ3v) is 8.71. The van der Waals surface area contributed by atoms with E-state index in [2.05, 4.69) is 29.7 Å². The molecular formula is C22H20ClN3O2S4. The zero-order valence-electron chi connectivity index (χ0n) is 16.9. The molecule has 0 bridgehead atoms. The second-order valence-electron chi connectivity index (χ2n) is 6.69. The smallest absolute Gasteiger partial charge is 0.185 e. The molecule has 32 heavy (non-hydrogen) atoms. The fourth-order valence-electron chi connectivity index (χ4n) is 2.67. The van der Waals surface area contributed by atoms with Gasteiger partial charge in [0, 0.05) is 33.5 Å². The fraction of sp³-hybridized carbons (Fsp3) is 0.0909. The quantitative estimate of drug-likeness (QED) is 0.170. The first-order valence-corrected chi connectivity index (χ1v) is 13.8. The molecular weight excluding hydrogens is 502 g/mol. The number of hydrogen-bond acceptors (Lipinski definition) is 7. The Morgan fingerprint density at radius 2 is 1.81 bits per heavy atom. The Bertz CT molecular complexity index is 1310. The minimum atomic E-state index is -3.44. The van der Waals surface area contributed by atoms with E-state index in [4.69, 9.17) is 22.7 Å². The summed E-state index contributed by atoms with van der Waals surface area (Å²) in [4.78, 5) is 4.94. The number of hydrogen-bond donors (Lipinski definition) is 3. The number of rotatable bonds is 5. The summed E-state index contributed by atoms with van der Waals surface area (Å²) < 4.78 is 24.2. The first-order valence-electron chi connectivity index (χ1n) is 9.24. The molecule has 2 aromatic heterocycles. The topological polar surface area (TPSA) is 96.9 Å². The Labute approximate surface area is 205 Å². The van der Waals surface area contributed by atoms with Crippen molar-refractivity contribution in [2.45, 2.75) is 9.96 Å². The summed E-state index contributed by atoms with van der Waals surface area (Å²) in [6.07, 6.45) is 1.14. The predicted octanol–water partition coefficient (Wildman–Crippen LogP) is 6.00. The van der Waals surface area contributed by atoms with Gasteiger partial charge < -0.3 is 5.73 Å². The van der Waals surface area contributed by atoms with Gasteiger partial charge in [-0.05, 0) is 23.8 Å². The van der Waals surface area contributed by atoms with Crippen LogP contribution in [0.3, 0.4) is 0 Å². The number of halogens is 1. The van der Waals surface area contributed by atoms with Crippen molar-refractivity contribution in [3.63, 3.8) is 0 Å². The lowest BCUT2D eigenvalue weighted by Crippen LogP contribution is -2.08. The van der Waals surface area contributed by atoms with Gasteiger partial charge >= 0.3 is 0 Å². The molecule has 0 spiro atoms. The first-order chi connectivity index (χ1) is 15.2. The number of benzene rings is 2. The lowest BCUT2D eigenvalue weighted by Gasteiger charge is -1.98. The van der Waals surface area contributed by atoms with E-state index in [1.54, 1.807) is 18.2 Å². The Hall–Kier alpha value is -2.17. The molecule has 0 amide bonds. The minimum absolute atomic E-state index is 0.161. The van der Waals surface area contributed by atoms with Gasteiger partial charge in [0.2, 0.25) is 0 Å². The van der Waals surface area contributed by atoms with Crippen LogP contribution in [0.4, 0.5) is 0 Å². The molecule has 0 saturated heterocycles. The monoisotopic (exact) mass is 521 g/mol. The second-order valence-corrected chi connectivity index (χ2v) is 11.6. The Morgan fingerprint density at radius 1 is 1.16 bits per heavy atom. The minimum Gasteiger partial charge on any atom is -0.383 e. The number of thiophene rings is 1. The third-order valence-electron chi connectivity index (χ3n) is 4.20. The molecule has 166 valence electrons. The zero-order valence-corrected chi connectivity index (χ0v) is 21.0. The van der Waals surface area contributed by atoms with Crippen LogP contribution in [-0.4, -0.2) is 25.5 Å². The average molecular weight is 522 g/mol. The maximum atomic E-state index is 12.0. The van der Waals surface area contributed by atoms with Crippen LogP contribution in [0.5, 0.6) is 0 Å². The SMILES string of the molecule is CS(=O)(=O)c1sc(C(=N)N)cc1-c1nc(-c2ccc(Cl)cc2)cs1.SCc1ccccc1. The van der Waals surface area contributed by atoms with Crippen LogP contribution in [0.15, 0.2) is 70.3 Å². The number of thiol groups is 1. The summed E-state index contributed by atoms with van der Waals surface area (Å²) in [7, 11) is -3.44. The van der Waals surface area contributed by atoms with Gasteiger partial charge in [-0.3, -0.25) is 5.41 Å². The van der Waals surface area contributed by atoms with Crippen LogP contribution in [0.2, 0.25) is 5.02 Å². The van der Waals surface area contributed by atoms with E-state index in [1.807, 2.05) is 35.7 Å². The highest BCUT2D eigenvalue weighted by Crippen LogP contribution is 2.38. The Morgan fingerprint density at radius 3 is 2.34 bits per heavy atom. The summed E-state index contributed by atoms with van der Waals surface area (Å²) in [5, 5.41) is 10.6. The average Bonchev–Trinajstić information content (AvgIpc) is 3.43. The van der Waals surface area contributed by atoms with Gasteiger partial charge in [-0.15, -0.1) is 22.7 Å². The van der Waals surface area contributed by atoms with Crippen molar-refractivity contribution >= 4 is 62.6 Å². The van der Waals surface area contributed by atoms with Gasteiger partial charge in [-0.2, -0.15) is 12.6 Å². The molecule has 0 aliphatic carbocycles. The van der Waals surface area contributed by atoms with E-state index in [9.17, 15) is 8.42 Å². The molecule has 0 unspecified atom stereocenters. The van der Waals surface area contributed by atoms with Crippen molar-refractivity contribution < 1.29 is 8.42 Å². The summed E-state index contributed by atoms with van der Waals surface area (Å²) in [5.41, 5.74) is 8.89. The van der Waals surface area contributed by atoms with Gasteiger partial charge in [-0.25, -0.2) is 13.4 Å². The highest BCUT2D eigenvalue weighted by molar-refractivity contribution is 7.93. The number of nitrogens with one attached hydrogen (secondary N) is 1. The van der Waals surface area contributed by atoms with Gasteiger partial charge in [0.1, 0.15) is 15.1 Å². The fourth-order valence-corrected chi connectivity index (χ4v) is 6.16. The lowest BCUT2D eigenvalue weighted by molar-refractivity contribution is 0.604. The van der Waals surface area contributed by atoms with E-state index in [0.717, 1.165) is 34.6 Å². The van der Waals surface area contributed by atoms with Gasteiger partial charge in [0.05, 0.1) is 10.6 Å². The summed E-state index contributed by atoms with van der Waals surface area (Å²) in [6, 6.07) is 19.0. The molecule has 0 aliphatic heterocycles. The van der Waals surface area contributed by atoms with E-state index in [0.29, 0.717) is 20.5 Å². The number of aromatic nitrogens is 1. The number of nitrogen functional groups attached to an aromatic ring is 1. The number of thiazole rings is 1. The number of nitrogens with zero attached hydrogens (tertiary/aromatic N) is 1. The third kappa shape index (κ3) is 6.20. The van der Waals surface area contributed by atoms with Crippen molar-refractivity contribution in [3.05, 3.63) is 81.5 Å². The van der Waals surface area contributed by atoms with Gasteiger partial charge in [0.15, 0.2) is 9.84 Å². The number of amidine groups is 1. The van der Waals surface area contributed by atoms with Gasteiger partial charge in [0.25, 0.3) is 0 Å². The zero-order chi connectivity index (χ0) is 23.3. The van der Waals surface area contributed by atoms with Crippen LogP contribution >= 0.6 is 46.9 Å². The highest BCUT2D eigenvalue weighted by Gasteiger charge is 2.22. The normalized spacial score (nSPS) is 11.0. The molecule has 10 heteroatoms. The summed E-state index contributed by atoms with van der Waals surface area (Å²) in [5.74, 6) is 0.673. The Kier molecular flexibility index (Phi) is 8.13. The highest BCUT2D eigenvalue weighted by atomic mass is 35.5. The van der Waals surface area contributed by atoms with E-state index < -0.39 is 9.84 Å². The van der Waals surface area contributed by atoms with Crippen molar-refractivity contribution in [1.29, 1.82) is 5.41 Å². The molecule has 0 radical (unpaired) electrons. The van der Waals surface area contributed by atoms with Crippen LogP contribution in [0.25, 0.3) is 21.8 Å². The molecule has 2 heterocycles. The standard InChI is InChI=1S/C15H12ClN3O2S3.C7H8S/c1-24(20,21)15-10(6-12(23-15)13(17)18)14-19-11(7-22-14)8-2-4-9(16)5-3-8;8-6-7-4-2-1-3-5-7/h2-7H,1H3,(H3,17,18);1-5,8H,6H2. The maximum absolute atomic E-state index is 12.0. The molecule has 5 nitrogen and oxygen atoms in total. The van der Waals surface area contributed by atoms with E-state index in [-0.39, 0.29) is 10.0 Å². The molecule has 0 saturated carbocycles. The maximum Gasteiger partial charge on any atom is 0.185 e. The van der Waals surface area contributed by atoms with Crippen LogP contribution in [-0.2, 0) is 15.6 Å². The van der Waals surface area contributed by atoms with Crippen molar-refractivity contribution in [1.82, 2.24) is 4.98 Å². The van der Waals surface area contributed by atoms with Crippen LogP contribution in [0.1, 0.15) is 10.4 Å². The lowest BCUT2D eigenvalue weighted by atomic mass is 10.2. The van der Waals surface area contributed by atoms with Crippen molar-refractivity contribution in [2.24, 2.45) is 5.73 Å².